The summed E-state index contributed by atoms with van der Waals surface area (Å²) in [7, 11) is 0. The topological polar surface area (TPSA) is 29.1 Å². The molecule has 88 valence electrons. The van der Waals surface area contributed by atoms with Crippen molar-refractivity contribution in [2.45, 2.75) is 46.1 Å². The van der Waals surface area contributed by atoms with Crippen molar-refractivity contribution in [1.82, 2.24) is 5.32 Å². The minimum Gasteiger partial charge on any atom is -0.352 e. The molecule has 0 saturated carbocycles. The van der Waals surface area contributed by atoms with Gasteiger partial charge in [-0.1, -0.05) is 44.0 Å². The number of carbonyl (C=O) groups is 1. The van der Waals surface area contributed by atoms with Crippen molar-refractivity contribution >= 4 is 5.91 Å². The van der Waals surface area contributed by atoms with Crippen LogP contribution in [0.3, 0.4) is 0 Å². The molecule has 1 aromatic carbocycles. The van der Waals surface area contributed by atoms with E-state index in [0.29, 0.717) is 6.54 Å². The van der Waals surface area contributed by atoms with Crippen LogP contribution in [-0.4, -0.2) is 5.91 Å². The molecule has 0 spiro atoms. The maximum atomic E-state index is 10.7. The molecule has 1 rings (SSSR count). The lowest BCUT2D eigenvalue weighted by Gasteiger charge is -2.04. The monoisotopic (exact) mass is 219 g/mol. The molecule has 1 aromatic rings. The molecule has 0 unspecified atom stereocenters. The zero-order valence-corrected chi connectivity index (χ0v) is 10.3. The number of rotatable bonds is 6. The highest BCUT2D eigenvalue weighted by Gasteiger charge is 1.96. The second-order valence-corrected chi connectivity index (χ2v) is 4.18. The molecule has 0 aromatic heterocycles. The van der Waals surface area contributed by atoms with Gasteiger partial charge in [0.05, 0.1) is 0 Å². The van der Waals surface area contributed by atoms with E-state index >= 15 is 0 Å². The third-order valence-electron chi connectivity index (χ3n) is 2.63. The lowest BCUT2D eigenvalue weighted by Crippen LogP contribution is -2.18. The van der Waals surface area contributed by atoms with Gasteiger partial charge in [0.2, 0.25) is 5.91 Å². The number of benzene rings is 1. The average Bonchev–Trinajstić information content (AvgIpc) is 2.28. The van der Waals surface area contributed by atoms with Crippen molar-refractivity contribution < 1.29 is 4.79 Å². The Bertz CT molecular complexity index is 316. The van der Waals surface area contributed by atoms with E-state index in [1.54, 1.807) is 6.92 Å². The van der Waals surface area contributed by atoms with Gasteiger partial charge in [-0.3, -0.25) is 4.79 Å². The number of carbonyl (C=O) groups excluding carboxylic acids is 1. The fourth-order valence-electron chi connectivity index (χ4n) is 1.63. The van der Waals surface area contributed by atoms with Crippen LogP contribution in [0.5, 0.6) is 0 Å². The van der Waals surface area contributed by atoms with Gasteiger partial charge in [0.25, 0.3) is 0 Å². The van der Waals surface area contributed by atoms with E-state index in [1.165, 1.54) is 24.8 Å². The molecule has 0 aliphatic heterocycles. The third-order valence-corrected chi connectivity index (χ3v) is 2.63. The van der Waals surface area contributed by atoms with Crippen LogP contribution in [-0.2, 0) is 17.8 Å². The molecule has 0 saturated heterocycles. The van der Waals surface area contributed by atoms with E-state index < -0.39 is 0 Å². The molecule has 0 radical (unpaired) electrons. The number of hydrogen-bond acceptors (Lipinski definition) is 1. The first-order valence-corrected chi connectivity index (χ1v) is 6.04. The molecule has 0 atom stereocenters. The highest BCUT2D eigenvalue weighted by atomic mass is 16.1. The summed E-state index contributed by atoms with van der Waals surface area (Å²) >= 11 is 0. The van der Waals surface area contributed by atoms with Crippen LogP contribution >= 0.6 is 0 Å². The molecule has 16 heavy (non-hydrogen) atoms. The first-order valence-electron chi connectivity index (χ1n) is 6.04. The van der Waals surface area contributed by atoms with Crippen molar-refractivity contribution in [3.05, 3.63) is 35.4 Å². The van der Waals surface area contributed by atoms with Gasteiger partial charge < -0.3 is 5.32 Å². The zero-order valence-electron chi connectivity index (χ0n) is 10.3. The Balaban J connectivity index is 2.38. The van der Waals surface area contributed by atoms with Gasteiger partial charge in [0.15, 0.2) is 0 Å². The summed E-state index contributed by atoms with van der Waals surface area (Å²) in [4.78, 5) is 10.7. The van der Waals surface area contributed by atoms with Gasteiger partial charge in [0, 0.05) is 13.5 Å². The highest BCUT2D eigenvalue weighted by molar-refractivity contribution is 5.72. The second-order valence-electron chi connectivity index (χ2n) is 4.18. The van der Waals surface area contributed by atoms with Crippen LogP contribution in [0.15, 0.2) is 24.3 Å². The maximum absolute atomic E-state index is 10.7. The van der Waals surface area contributed by atoms with Crippen molar-refractivity contribution in [3.8, 4) is 0 Å². The van der Waals surface area contributed by atoms with E-state index in [-0.39, 0.29) is 5.91 Å². The zero-order chi connectivity index (χ0) is 11.8. The normalized spacial score (nSPS) is 10.1. The van der Waals surface area contributed by atoms with E-state index in [0.717, 1.165) is 12.0 Å². The van der Waals surface area contributed by atoms with Crippen LogP contribution < -0.4 is 5.32 Å². The molecule has 0 aliphatic carbocycles. The fraction of sp³-hybridized carbons (Fsp3) is 0.500. The Morgan fingerprint density at radius 3 is 2.31 bits per heavy atom. The molecule has 0 bridgehead atoms. The lowest BCUT2D eigenvalue weighted by molar-refractivity contribution is -0.119. The van der Waals surface area contributed by atoms with Crippen molar-refractivity contribution in [3.63, 3.8) is 0 Å². The van der Waals surface area contributed by atoms with Gasteiger partial charge in [-0.2, -0.15) is 0 Å². The molecule has 0 heterocycles. The van der Waals surface area contributed by atoms with Gasteiger partial charge >= 0.3 is 0 Å². The number of nitrogens with one attached hydrogen (secondary N) is 1. The first kappa shape index (κ1) is 12.8. The largest absolute Gasteiger partial charge is 0.352 e. The number of aryl methyl sites for hydroxylation is 1. The predicted molar refractivity (Wildman–Crippen MR) is 67.2 cm³/mol. The number of amides is 1. The Hall–Kier alpha value is -1.31. The summed E-state index contributed by atoms with van der Waals surface area (Å²) in [6, 6.07) is 8.51. The summed E-state index contributed by atoms with van der Waals surface area (Å²) in [6.45, 7) is 4.39. The average molecular weight is 219 g/mol. The summed E-state index contributed by atoms with van der Waals surface area (Å²) in [5.74, 6) is 0.0204. The van der Waals surface area contributed by atoms with Gasteiger partial charge in [-0.25, -0.2) is 0 Å². The molecular weight excluding hydrogens is 198 g/mol. The van der Waals surface area contributed by atoms with E-state index in [9.17, 15) is 4.79 Å². The van der Waals surface area contributed by atoms with Crippen molar-refractivity contribution in [1.29, 1.82) is 0 Å². The smallest absolute Gasteiger partial charge is 0.217 e. The Kier molecular flexibility index (Phi) is 5.62. The van der Waals surface area contributed by atoms with Crippen LogP contribution in [0.4, 0.5) is 0 Å². The molecule has 0 aliphatic rings. The minimum atomic E-state index is 0.0204. The molecule has 2 heteroatoms. The Morgan fingerprint density at radius 1 is 1.12 bits per heavy atom. The van der Waals surface area contributed by atoms with Crippen LogP contribution in [0.2, 0.25) is 0 Å². The van der Waals surface area contributed by atoms with Crippen LogP contribution in [0.25, 0.3) is 0 Å². The molecule has 2 nitrogen and oxygen atoms in total. The minimum absolute atomic E-state index is 0.0204. The van der Waals surface area contributed by atoms with E-state index in [4.69, 9.17) is 0 Å². The summed E-state index contributed by atoms with van der Waals surface area (Å²) in [5, 5.41) is 2.79. The molecule has 0 fully saturated rings. The van der Waals surface area contributed by atoms with Gasteiger partial charge in [-0.05, 0) is 24.0 Å². The van der Waals surface area contributed by atoms with E-state index in [2.05, 4.69) is 36.5 Å². The second kappa shape index (κ2) is 7.04. The maximum Gasteiger partial charge on any atom is 0.217 e. The van der Waals surface area contributed by atoms with Crippen LogP contribution in [0, 0.1) is 0 Å². The SMILES string of the molecule is CCCCCc1ccc(CNC(C)=O)cc1. The quantitative estimate of drug-likeness (QED) is 0.732. The lowest BCUT2D eigenvalue weighted by atomic mass is 10.1. The number of unbranched alkanes of at least 4 members (excludes halogenated alkanes) is 2. The molecule has 1 amide bonds. The molecule has 1 N–H and O–H groups in total. The first-order chi connectivity index (χ1) is 7.72. The third kappa shape index (κ3) is 4.96. The van der Waals surface area contributed by atoms with Gasteiger partial charge in [-0.15, -0.1) is 0 Å². The van der Waals surface area contributed by atoms with E-state index in [1.807, 2.05) is 0 Å². The Labute approximate surface area is 98.1 Å². The molecular formula is C14H21NO. The predicted octanol–water partition coefficient (Wildman–Crippen LogP) is 3.06. The number of hydrogen-bond donors (Lipinski definition) is 1. The Morgan fingerprint density at radius 2 is 1.75 bits per heavy atom. The summed E-state index contributed by atoms with van der Waals surface area (Å²) in [6.07, 6.45) is 4.99. The summed E-state index contributed by atoms with van der Waals surface area (Å²) < 4.78 is 0. The van der Waals surface area contributed by atoms with Crippen molar-refractivity contribution in [2.75, 3.05) is 0 Å². The highest BCUT2D eigenvalue weighted by Crippen LogP contribution is 2.08. The van der Waals surface area contributed by atoms with Crippen molar-refractivity contribution in [2.24, 2.45) is 0 Å². The van der Waals surface area contributed by atoms with Gasteiger partial charge in [0.1, 0.15) is 0 Å². The fourth-order valence-corrected chi connectivity index (χ4v) is 1.63. The summed E-state index contributed by atoms with van der Waals surface area (Å²) in [5.41, 5.74) is 2.55. The van der Waals surface area contributed by atoms with Crippen LogP contribution in [0.1, 0.15) is 44.2 Å². The standard InChI is InChI=1S/C14H21NO/c1-3-4-5-6-13-7-9-14(10-8-13)11-15-12(2)16/h7-10H,3-6,11H2,1-2H3,(H,15,16).